The Morgan fingerprint density at radius 2 is 1.67 bits per heavy atom. The van der Waals surface area contributed by atoms with Crippen molar-refractivity contribution in [3.05, 3.63) is 84.2 Å². The molecule has 2 saturated heterocycles. The van der Waals surface area contributed by atoms with Crippen molar-refractivity contribution in [2.24, 2.45) is 0 Å². The van der Waals surface area contributed by atoms with Gasteiger partial charge in [0.25, 0.3) is 0 Å². The van der Waals surface area contributed by atoms with Gasteiger partial charge in [-0.05, 0) is 49.3 Å². The van der Waals surface area contributed by atoms with Crippen molar-refractivity contribution in [3.8, 4) is 11.3 Å². The third-order valence-corrected chi connectivity index (χ3v) is 7.92. The number of alkyl halides is 3. The molecule has 2 aliphatic rings. The number of para-hydroxylation sites is 1. The Morgan fingerprint density at radius 1 is 0.935 bits per heavy atom. The van der Waals surface area contributed by atoms with E-state index in [-0.39, 0.29) is 0 Å². The van der Waals surface area contributed by atoms with Crippen molar-refractivity contribution >= 4 is 40.5 Å². The summed E-state index contributed by atoms with van der Waals surface area (Å²) in [5.74, 6) is -1.40. The minimum Gasteiger partial charge on any atom is -0.475 e. The number of rotatable bonds is 5. The van der Waals surface area contributed by atoms with Gasteiger partial charge in [-0.3, -0.25) is 9.38 Å². The number of aromatic nitrogens is 5. The molecule has 0 spiro atoms. The van der Waals surface area contributed by atoms with E-state index in [4.69, 9.17) is 34.6 Å². The standard InChI is InChI=1S/C31H31N7O.C2HF3O2/c1-2-4-27-22(3-1)5-7-25(35-27)8-9-26-21-38-28(20-34-30(31(38)36-26)23-11-17-39-18-12-23)24-6-10-29(33-19-24)37-15-13-32-14-16-37;3-2(4,5)1(6)7/h1-10,19-21,23,32H,11-18H2;(H,6,7). The Labute approximate surface area is 262 Å². The lowest BCUT2D eigenvalue weighted by atomic mass is 9.96. The normalized spacial score (nSPS) is 16.1. The minimum atomic E-state index is -5.08. The lowest BCUT2D eigenvalue weighted by Gasteiger charge is -2.28. The van der Waals surface area contributed by atoms with Crippen molar-refractivity contribution in [2.45, 2.75) is 24.9 Å². The second-order valence-electron chi connectivity index (χ2n) is 11.0. The van der Waals surface area contributed by atoms with Gasteiger partial charge in [0.1, 0.15) is 5.82 Å². The highest BCUT2D eigenvalue weighted by molar-refractivity contribution is 5.81. The summed E-state index contributed by atoms with van der Waals surface area (Å²) < 4.78 is 39.5. The zero-order valence-corrected chi connectivity index (χ0v) is 24.8. The number of anilines is 1. The summed E-state index contributed by atoms with van der Waals surface area (Å²) in [5.41, 5.74) is 6.71. The van der Waals surface area contributed by atoms with E-state index in [0.717, 1.165) is 103 Å². The molecule has 2 N–H and O–H groups in total. The minimum absolute atomic E-state index is 0.338. The summed E-state index contributed by atoms with van der Waals surface area (Å²) in [5, 5.41) is 11.7. The van der Waals surface area contributed by atoms with Crippen LogP contribution in [0.25, 0.3) is 40.0 Å². The van der Waals surface area contributed by atoms with Gasteiger partial charge in [-0.25, -0.2) is 19.7 Å². The summed E-state index contributed by atoms with van der Waals surface area (Å²) in [7, 11) is 0. The molecule has 7 rings (SSSR count). The largest absolute Gasteiger partial charge is 0.490 e. The highest BCUT2D eigenvalue weighted by atomic mass is 19.4. The topological polar surface area (TPSA) is 118 Å². The third-order valence-electron chi connectivity index (χ3n) is 7.92. The number of nitrogens with one attached hydrogen (secondary N) is 1. The lowest BCUT2D eigenvalue weighted by molar-refractivity contribution is -0.192. The van der Waals surface area contributed by atoms with Crippen molar-refractivity contribution in [1.29, 1.82) is 0 Å². The fraction of sp³-hybridized carbons (Fsp3) is 0.303. The number of ether oxygens (including phenoxy) is 1. The highest BCUT2D eigenvalue weighted by Crippen LogP contribution is 2.31. The fourth-order valence-electron chi connectivity index (χ4n) is 5.53. The zero-order chi connectivity index (χ0) is 32.1. The van der Waals surface area contributed by atoms with Crippen LogP contribution in [0, 0.1) is 0 Å². The summed E-state index contributed by atoms with van der Waals surface area (Å²) in [6.07, 6.45) is 6.92. The maximum atomic E-state index is 10.6. The first-order valence-corrected chi connectivity index (χ1v) is 15.0. The van der Waals surface area contributed by atoms with Gasteiger partial charge in [-0.15, -0.1) is 0 Å². The van der Waals surface area contributed by atoms with E-state index in [2.05, 4.69) is 45.1 Å². The van der Waals surface area contributed by atoms with Crippen LogP contribution in [0.1, 0.15) is 35.8 Å². The van der Waals surface area contributed by atoms with E-state index in [1.165, 1.54) is 0 Å². The predicted molar refractivity (Wildman–Crippen MR) is 168 cm³/mol. The number of nitrogens with zero attached hydrogens (tertiary/aromatic N) is 6. The van der Waals surface area contributed by atoms with E-state index in [1.807, 2.05) is 48.8 Å². The average Bonchev–Trinajstić information content (AvgIpc) is 3.52. The second-order valence-corrected chi connectivity index (χ2v) is 11.0. The maximum absolute atomic E-state index is 10.6. The molecular formula is C33H32F3N7O3. The number of hydrogen-bond donors (Lipinski definition) is 2. The molecule has 5 aromatic rings. The van der Waals surface area contributed by atoms with Crippen LogP contribution in [-0.4, -0.2) is 81.0 Å². The van der Waals surface area contributed by atoms with Crippen LogP contribution in [0.3, 0.4) is 0 Å². The second kappa shape index (κ2) is 13.6. The number of pyridine rings is 2. The van der Waals surface area contributed by atoms with Crippen molar-refractivity contribution in [3.63, 3.8) is 0 Å². The van der Waals surface area contributed by atoms with Gasteiger partial charge in [-0.2, -0.15) is 13.2 Å². The number of aliphatic carboxylic acids is 1. The van der Waals surface area contributed by atoms with E-state index >= 15 is 0 Å². The number of halogens is 3. The molecule has 0 amide bonds. The number of imidazole rings is 1. The fourth-order valence-corrected chi connectivity index (χ4v) is 5.53. The van der Waals surface area contributed by atoms with Crippen LogP contribution in [-0.2, 0) is 9.53 Å². The van der Waals surface area contributed by atoms with Gasteiger partial charge < -0.3 is 20.1 Å². The molecular weight excluding hydrogens is 599 g/mol. The first-order chi connectivity index (χ1) is 22.3. The molecule has 238 valence electrons. The molecule has 4 aromatic heterocycles. The Balaban J connectivity index is 0.000000480. The number of benzene rings is 1. The number of fused-ring (bicyclic) bond motifs is 2. The summed E-state index contributed by atoms with van der Waals surface area (Å²) in [6, 6.07) is 16.6. The van der Waals surface area contributed by atoms with Crippen LogP contribution >= 0.6 is 0 Å². The molecule has 46 heavy (non-hydrogen) atoms. The molecule has 13 heteroatoms. The predicted octanol–water partition coefficient (Wildman–Crippen LogP) is 5.45. The molecule has 6 heterocycles. The van der Waals surface area contributed by atoms with Gasteiger partial charge in [0, 0.05) is 68.7 Å². The van der Waals surface area contributed by atoms with Gasteiger partial charge in [0.2, 0.25) is 0 Å². The third kappa shape index (κ3) is 7.16. The van der Waals surface area contributed by atoms with Crippen molar-refractivity contribution in [1.82, 2.24) is 29.7 Å². The first kappa shape index (κ1) is 31.1. The van der Waals surface area contributed by atoms with Crippen LogP contribution in [0.4, 0.5) is 19.0 Å². The first-order valence-electron chi connectivity index (χ1n) is 15.0. The van der Waals surface area contributed by atoms with E-state index in [1.54, 1.807) is 0 Å². The molecule has 2 aliphatic heterocycles. The number of carbonyl (C=O) groups is 1. The molecule has 10 nitrogen and oxygen atoms in total. The zero-order valence-electron chi connectivity index (χ0n) is 24.8. The van der Waals surface area contributed by atoms with Crippen molar-refractivity contribution < 1.29 is 27.8 Å². The smallest absolute Gasteiger partial charge is 0.475 e. The Bertz CT molecular complexity index is 1850. The molecule has 0 unspecified atom stereocenters. The van der Waals surface area contributed by atoms with Gasteiger partial charge in [0.15, 0.2) is 5.65 Å². The SMILES string of the molecule is C(=Cc1cn2c(-c3ccc(N4CCNCC4)nc3)cnc(C3CCOCC3)c2n1)c1ccc2ccccc2n1.O=C(O)C(F)(F)F. The number of hydrogen-bond acceptors (Lipinski definition) is 8. The Morgan fingerprint density at radius 3 is 2.39 bits per heavy atom. The molecule has 0 radical (unpaired) electrons. The van der Waals surface area contributed by atoms with Crippen LogP contribution < -0.4 is 10.2 Å². The van der Waals surface area contributed by atoms with E-state index in [9.17, 15) is 13.2 Å². The van der Waals surface area contributed by atoms with Crippen LogP contribution in [0.5, 0.6) is 0 Å². The maximum Gasteiger partial charge on any atom is 0.490 e. The average molecular weight is 632 g/mol. The van der Waals surface area contributed by atoms with E-state index in [0.29, 0.717) is 5.92 Å². The van der Waals surface area contributed by atoms with Crippen molar-refractivity contribution in [2.75, 3.05) is 44.3 Å². The van der Waals surface area contributed by atoms with E-state index < -0.39 is 12.1 Å². The lowest BCUT2D eigenvalue weighted by Crippen LogP contribution is -2.43. The van der Waals surface area contributed by atoms with Gasteiger partial charge >= 0.3 is 12.1 Å². The molecule has 0 bridgehead atoms. The Kier molecular flexibility index (Phi) is 9.22. The van der Waals surface area contributed by atoms with Crippen LogP contribution in [0.2, 0.25) is 0 Å². The van der Waals surface area contributed by atoms with Gasteiger partial charge in [-0.1, -0.05) is 24.3 Å². The van der Waals surface area contributed by atoms with Gasteiger partial charge in [0.05, 0.1) is 34.5 Å². The summed E-state index contributed by atoms with van der Waals surface area (Å²) in [4.78, 5) is 30.8. The molecule has 2 fully saturated rings. The Hall–Kier alpha value is -4.88. The molecule has 0 saturated carbocycles. The molecule has 0 aliphatic carbocycles. The van der Waals surface area contributed by atoms with Crippen LogP contribution in [0.15, 0.2) is 67.1 Å². The molecule has 1 aromatic carbocycles. The monoisotopic (exact) mass is 631 g/mol. The quantitative estimate of drug-likeness (QED) is 0.261. The highest BCUT2D eigenvalue weighted by Gasteiger charge is 2.38. The molecule has 0 atom stereocenters. The number of carboxylic acid groups (broad SMARTS) is 1. The number of piperazine rings is 1. The number of carboxylic acids is 1. The summed E-state index contributed by atoms with van der Waals surface area (Å²) in [6.45, 7) is 5.45. The summed E-state index contributed by atoms with van der Waals surface area (Å²) >= 11 is 0.